The van der Waals surface area contributed by atoms with Crippen LogP contribution in [0, 0.1) is 0 Å². The minimum absolute atomic E-state index is 0.113. The molecule has 4 heterocycles. The van der Waals surface area contributed by atoms with E-state index in [1.165, 1.54) is 0 Å². The Morgan fingerprint density at radius 1 is 1.26 bits per heavy atom. The minimum Gasteiger partial charge on any atom is -0.490 e. The predicted molar refractivity (Wildman–Crippen MR) is 112 cm³/mol. The second kappa shape index (κ2) is 7.18. The van der Waals surface area contributed by atoms with Crippen LogP contribution < -0.4 is 10.3 Å². The average Bonchev–Trinajstić information content (AvgIpc) is 3.13. The van der Waals surface area contributed by atoms with Gasteiger partial charge in [0.15, 0.2) is 5.60 Å². The fraction of sp³-hybridized carbons (Fsp3) is 0.348. The molecule has 1 aromatic carbocycles. The summed E-state index contributed by atoms with van der Waals surface area (Å²) in [6.07, 6.45) is 0.113. The monoisotopic (exact) mass is 422 g/mol. The molecule has 160 valence electrons. The van der Waals surface area contributed by atoms with Crippen molar-refractivity contribution in [2.45, 2.75) is 32.1 Å². The summed E-state index contributed by atoms with van der Waals surface area (Å²) < 4.78 is 17.6. The van der Waals surface area contributed by atoms with E-state index < -0.39 is 11.6 Å². The van der Waals surface area contributed by atoms with E-state index in [-0.39, 0.29) is 18.6 Å². The van der Waals surface area contributed by atoms with Gasteiger partial charge in [-0.3, -0.25) is 4.79 Å². The molecule has 0 radical (unpaired) electrons. The molecule has 0 fully saturated rings. The highest BCUT2D eigenvalue weighted by molar-refractivity contribution is 5.89. The number of nitrogens with zero attached hydrogens (tertiary/aromatic N) is 2. The predicted octanol–water partition coefficient (Wildman–Crippen LogP) is 2.10. The van der Waals surface area contributed by atoms with E-state index in [2.05, 4.69) is 0 Å². The SMILES string of the molecule is CC[C@@]1(O)C(=O)OCc2c1cc1n(c2=O)Cc2cc3c(OCCOC)cccc3nc2-1. The molecule has 3 aromatic rings. The first-order valence-electron chi connectivity index (χ1n) is 10.2. The molecule has 1 N–H and O–H groups in total. The largest absolute Gasteiger partial charge is 0.490 e. The van der Waals surface area contributed by atoms with Gasteiger partial charge in [-0.05, 0) is 30.7 Å². The number of aromatic nitrogens is 2. The Labute approximate surface area is 178 Å². The first kappa shape index (κ1) is 19.7. The van der Waals surface area contributed by atoms with E-state index in [1.54, 1.807) is 24.7 Å². The summed E-state index contributed by atoms with van der Waals surface area (Å²) in [6, 6.07) is 9.33. The maximum atomic E-state index is 13.2. The van der Waals surface area contributed by atoms with Crippen molar-refractivity contribution in [3.05, 3.63) is 57.4 Å². The topological polar surface area (TPSA) is 99.9 Å². The van der Waals surface area contributed by atoms with Gasteiger partial charge in [0.2, 0.25) is 0 Å². The Hall–Kier alpha value is -3.23. The summed E-state index contributed by atoms with van der Waals surface area (Å²) in [5, 5.41) is 11.8. The van der Waals surface area contributed by atoms with Crippen LogP contribution in [0.1, 0.15) is 30.0 Å². The van der Waals surface area contributed by atoms with Gasteiger partial charge in [-0.25, -0.2) is 9.78 Å². The Morgan fingerprint density at radius 2 is 2.10 bits per heavy atom. The summed E-state index contributed by atoms with van der Waals surface area (Å²) in [4.78, 5) is 30.3. The molecule has 1 atom stereocenters. The molecular formula is C23H22N2O6. The van der Waals surface area contributed by atoms with Crippen LogP contribution in [0.4, 0.5) is 0 Å². The lowest BCUT2D eigenvalue weighted by molar-refractivity contribution is -0.172. The van der Waals surface area contributed by atoms with E-state index in [0.717, 1.165) is 16.5 Å². The maximum absolute atomic E-state index is 13.2. The molecule has 0 unspecified atom stereocenters. The van der Waals surface area contributed by atoms with Crippen LogP contribution in [0.15, 0.2) is 35.1 Å². The van der Waals surface area contributed by atoms with E-state index in [9.17, 15) is 14.7 Å². The van der Waals surface area contributed by atoms with Gasteiger partial charge < -0.3 is 23.9 Å². The lowest BCUT2D eigenvalue weighted by atomic mass is 9.86. The number of carbonyl (C=O) groups excluding carboxylic acids is 1. The van der Waals surface area contributed by atoms with E-state index >= 15 is 0 Å². The first-order valence-corrected chi connectivity index (χ1v) is 10.2. The third kappa shape index (κ3) is 2.86. The van der Waals surface area contributed by atoms with E-state index in [1.807, 2.05) is 24.3 Å². The summed E-state index contributed by atoms with van der Waals surface area (Å²) in [7, 11) is 1.62. The van der Waals surface area contributed by atoms with Gasteiger partial charge in [-0.2, -0.15) is 0 Å². The first-order chi connectivity index (χ1) is 15.0. The number of aliphatic hydroxyl groups is 1. The van der Waals surface area contributed by atoms with Crippen LogP contribution in [0.3, 0.4) is 0 Å². The van der Waals surface area contributed by atoms with Crippen LogP contribution in [-0.2, 0) is 33.0 Å². The number of hydrogen-bond donors (Lipinski definition) is 1. The smallest absolute Gasteiger partial charge is 0.343 e. The molecule has 0 amide bonds. The van der Waals surface area contributed by atoms with Crippen LogP contribution in [0.25, 0.3) is 22.3 Å². The number of carbonyl (C=O) groups is 1. The fourth-order valence-electron chi connectivity index (χ4n) is 4.34. The number of benzene rings is 1. The molecule has 8 nitrogen and oxygen atoms in total. The molecule has 0 saturated heterocycles. The maximum Gasteiger partial charge on any atom is 0.343 e. The molecule has 2 aliphatic heterocycles. The number of hydrogen-bond acceptors (Lipinski definition) is 7. The fourth-order valence-corrected chi connectivity index (χ4v) is 4.34. The van der Waals surface area contributed by atoms with Crippen molar-refractivity contribution in [2.24, 2.45) is 0 Å². The Morgan fingerprint density at radius 3 is 2.87 bits per heavy atom. The molecule has 5 rings (SSSR count). The molecule has 31 heavy (non-hydrogen) atoms. The van der Waals surface area contributed by atoms with Gasteiger partial charge >= 0.3 is 5.97 Å². The zero-order chi connectivity index (χ0) is 21.8. The van der Waals surface area contributed by atoms with Crippen molar-refractivity contribution in [2.75, 3.05) is 20.3 Å². The highest BCUT2D eigenvalue weighted by atomic mass is 16.6. The number of ether oxygens (including phenoxy) is 3. The lowest BCUT2D eigenvalue weighted by Crippen LogP contribution is -2.44. The van der Waals surface area contributed by atoms with Crippen molar-refractivity contribution in [3.63, 3.8) is 0 Å². The van der Waals surface area contributed by atoms with E-state index in [0.29, 0.717) is 48.0 Å². The van der Waals surface area contributed by atoms with Crippen LogP contribution in [-0.4, -0.2) is 41.0 Å². The second-order valence-electron chi connectivity index (χ2n) is 7.76. The van der Waals surface area contributed by atoms with Crippen LogP contribution in [0.2, 0.25) is 0 Å². The summed E-state index contributed by atoms with van der Waals surface area (Å²) in [6.45, 7) is 2.79. The molecule has 0 aliphatic carbocycles. The Bertz CT molecular complexity index is 1280. The molecule has 0 saturated carbocycles. The number of methoxy groups -OCH3 is 1. The zero-order valence-electron chi connectivity index (χ0n) is 17.3. The van der Waals surface area contributed by atoms with Gasteiger partial charge in [-0.1, -0.05) is 13.0 Å². The van der Waals surface area contributed by atoms with E-state index in [4.69, 9.17) is 19.2 Å². The average molecular weight is 422 g/mol. The lowest BCUT2D eigenvalue weighted by Gasteiger charge is -2.31. The summed E-state index contributed by atoms with van der Waals surface area (Å²) >= 11 is 0. The third-order valence-electron chi connectivity index (χ3n) is 6.06. The number of fused-ring (bicyclic) bond motifs is 5. The van der Waals surface area contributed by atoms with Crippen LogP contribution in [0.5, 0.6) is 5.75 Å². The van der Waals surface area contributed by atoms with Crippen molar-refractivity contribution < 1.29 is 24.1 Å². The molecule has 2 aromatic heterocycles. The highest BCUT2D eigenvalue weighted by Gasteiger charge is 2.45. The zero-order valence-corrected chi connectivity index (χ0v) is 17.3. The minimum atomic E-state index is -1.83. The van der Waals surface area contributed by atoms with Crippen molar-refractivity contribution in [1.29, 1.82) is 0 Å². The molecule has 0 bridgehead atoms. The third-order valence-corrected chi connectivity index (χ3v) is 6.06. The standard InChI is InChI=1S/C23H22N2O6/c1-3-23(28)16-10-18-20-13(11-25(18)21(26)15(16)12-31-22(23)27)9-14-17(24-20)5-4-6-19(14)30-8-7-29-2/h4-6,9-10,28H,3,7-8,11-12H2,1-2H3/t23-/m0/s1. The van der Waals surface area contributed by atoms with Gasteiger partial charge in [0.05, 0.1) is 35.6 Å². The van der Waals surface area contributed by atoms with Gasteiger partial charge in [0.1, 0.15) is 19.0 Å². The van der Waals surface area contributed by atoms with Gasteiger partial charge in [-0.15, -0.1) is 0 Å². The van der Waals surface area contributed by atoms with Gasteiger partial charge in [0, 0.05) is 23.6 Å². The Kier molecular flexibility index (Phi) is 4.56. The number of esters is 1. The van der Waals surface area contributed by atoms with Crippen molar-refractivity contribution in [1.82, 2.24) is 9.55 Å². The second-order valence-corrected chi connectivity index (χ2v) is 7.76. The molecule has 2 aliphatic rings. The number of cyclic esters (lactones) is 1. The summed E-state index contributed by atoms with van der Waals surface area (Å²) in [5.41, 5.74) is 1.39. The van der Waals surface area contributed by atoms with Crippen molar-refractivity contribution in [3.8, 4) is 17.1 Å². The van der Waals surface area contributed by atoms with Gasteiger partial charge in [0.25, 0.3) is 5.56 Å². The van der Waals surface area contributed by atoms with Crippen LogP contribution >= 0.6 is 0 Å². The summed E-state index contributed by atoms with van der Waals surface area (Å²) in [5.74, 6) is -0.0267. The molecular weight excluding hydrogens is 400 g/mol. The normalized spacial score (nSPS) is 19.0. The van der Waals surface area contributed by atoms with Crippen molar-refractivity contribution >= 4 is 16.9 Å². The molecule has 0 spiro atoms. The Balaban J connectivity index is 1.67. The quantitative estimate of drug-likeness (QED) is 0.388. The number of pyridine rings is 2. The molecule has 8 heteroatoms. The highest BCUT2D eigenvalue weighted by Crippen LogP contribution is 2.39. The number of rotatable bonds is 5.